The molecule has 1 aliphatic heterocycles. The van der Waals surface area contributed by atoms with Gasteiger partial charge in [0.1, 0.15) is 11.6 Å². The van der Waals surface area contributed by atoms with E-state index in [9.17, 15) is 9.18 Å². The molecule has 110 valence electrons. The summed E-state index contributed by atoms with van der Waals surface area (Å²) in [5.41, 5.74) is 0. The van der Waals surface area contributed by atoms with Crippen molar-refractivity contribution >= 4 is 17.5 Å². The second-order valence-corrected chi connectivity index (χ2v) is 5.21. The lowest BCUT2D eigenvalue weighted by atomic mass is 10.2. The third-order valence-electron chi connectivity index (χ3n) is 3.39. The number of halogens is 2. The number of hydrogen-bond acceptors (Lipinski definition) is 3. The van der Waals surface area contributed by atoms with Crippen LogP contribution in [0.2, 0.25) is 5.02 Å². The fraction of sp³-hybridized carbons (Fsp3) is 0.500. The van der Waals surface area contributed by atoms with Crippen LogP contribution in [0.25, 0.3) is 0 Å². The van der Waals surface area contributed by atoms with Crippen molar-refractivity contribution in [3.63, 3.8) is 0 Å². The van der Waals surface area contributed by atoms with Gasteiger partial charge in [0.2, 0.25) is 0 Å². The average molecular weight is 301 g/mol. The molecule has 0 bridgehead atoms. The molecule has 4 nitrogen and oxygen atoms in total. The van der Waals surface area contributed by atoms with Gasteiger partial charge in [-0.15, -0.1) is 0 Å². The van der Waals surface area contributed by atoms with Gasteiger partial charge in [-0.25, -0.2) is 4.39 Å². The Balaban J connectivity index is 1.89. The highest BCUT2D eigenvalue weighted by Gasteiger charge is 2.28. The van der Waals surface area contributed by atoms with Gasteiger partial charge < -0.3 is 15.0 Å². The minimum atomic E-state index is -0.501. The van der Waals surface area contributed by atoms with Crippen LogP contribution in [0.5, 0.6) is 5.75 Å². The quantitative estimate of drug-likeness (QED) is 0.905. The number of nitrogens with one attached hydrogen (secondary N) is 1. The molecule has 0 spiro atoms. The number of ether oxygens (including phenoxy) is 1. The van der Waals surface area contributed by atoms with Crippen molar-refractivity contribution in [1.29, 1.82) is 0 Å². The fourth-order valence-corrected chi connectivity index (χ4v) is 2.58. The molecule has 0 radical (unpaired) electrons. The Morgan fingerprint density at radius 2 is 2.40 bits per heavy atom. The lowest BCUT2D eigenvalue weighted by Gasteiger charge is -2.24. The average Bonchev–Trinajstić information content (AvgIpc) is 2.88. The molecule has 1 aromatic carbocycles. The molecule has 0 saturated carbocycles. The number of benzene rings is 1. The highest BCUT2D eigenvalue weighted by Crippen LogP contribution is 2.22. The molecule has 1 aromatic rings. The van der Waals surface area contributed by atoms with Crippen molar-refractivity contribution in [1.82, 2.24) is 10.2 Å². The Morgan fingerprint density at radius 3 is 3.10 bits per heavy atom. The van der Waals surface area contributed by atoms with Gasteiger partial charge in [-0.1, -0.05) is 11.6 Å². The van der Waals surface area contributed by atoms with E-state index in [4.69, 9.17) is 16.3 Å². The first-order valence-corrected chi connectivity index (χ1v) is 7.01. The van der Waals surface area contributed by atoms with Crippen LogP contribution in [0.4, 0.5) is 4.39 Å². The van der Waals surface area contributed by atoms with Crippen LogP contribution >= 0.6 is 11.6 Å². The molecule has 1 fully saturated rings. The Kier molecular flexibility index (Phi) is 5.20. The summed E-state index contributed by atoms with van der Waals surface area (Å²) in [5, 5.41) is 3.08. The van der Waals surface area contributed by atoms with E-state index >= 15 is 0 Å². The van der Waals surface area contributed by atoms with Crippen molar-refractivity contribution < 1.29 is 13.9 Å². The summed E-state index contributed by atoms with van der Waals surface area (Å²) in [6, 6.07) is 4.29. The summed E-state index contributed by atoms with van der Waals surface area (Å²) in [5.74, 6) is -0.156. The number of rotatable bonds is 5. The highest BCUT2D eigenvalue weighted by atomic mass is 35.5. The molecule has 1 aliphatic rings. The Labute approximate surface area is 122 Å². The molecule has 1 amide bonds. The first-order valence-electron chi connectivity index (χ1n) is 6.63. The van der Waals surface area contributed by atoms with Crippen LogP contribution in [0.15, 0.2) is 18.2 Å². The minimum absolute atomic E-state index is 0.0100. The van der Waals surface area contributed by atoms with Gasteiger partial charge in [-0.3, -0.25) is 4.79 Å². The third-order valence-corrected chi connectivity index (χ3v) is 3.68. The highest BCUT2D eigenvalue weighted by molar-refractivity contribution is 6.30. The number of carbonyl (C=O) groups excluding carboxylic acids is 1. The van der Waals surface area contributed by atoms with E-state index in [1.54, 1.807) is 0 Å². The van der Waals surface area contributed by atoms with Gasteiger partial charge in [-0.05, 0) is 32.0 Å². The van der Waals surface area contributed by atoms with Crippen LogP contribution in [-0.2, 0) is 4.79 Å². The SMILES string of the molecule is CNCC1CCCN1C(=O)COc1ccc(F)c(Cl)c1. The van der Waals surface area contributed by atoms with Crippen LogP contribution in [0.3, 0.4) is 0 Å². The lowest BCUT2D eigenvalue weighted by molar-refractivity contribution is -0.134. The molecular formula is C14H18ClFN2O2. The zero-order chi connectivity index (χ0) is 14.5. The molecular weight excluding hydrogens is 283 g/mol. The number of amides is 1. The topological polar surface area (TPSA) is 41.6 Å². The smallest absolute Gasteiger partial charge is 0.260 e. The monoisotopic (exact) mass is 300 g/mol. The summed E-state index contributed by atoms with van der Waals surface area (Å²) in [6.45, 7) is 1.50. The van der Waals surface area contributed by atoms with E-state index in [0.717, 1.165) is 25.9 Å². The summed E-state index contributed by atoms with van der Waals surface area (Å²) in [7, 11) is 1.87. The summed E-state index contributed by atoms with van der Waals surface area (Å²) in [6.07, 6.45) is 2.02. The van der Waals surface area contributed by atoms with Crippen LogP contribution in [0, 0.1) is 5.82 Å². The van der Waals surface area contributed by atoms with E-state index in [0.29, 0.717) is 5.75 Å². The fourth-order valence-electron chi connectivity index (χ4n) is 2.41. The van der Waals surface area contributed by atoms with Crippen molar-refractivity contribution in [2.45, 2.75) is 18.9 Å². The third kappa shape index (κ3) is 3.61. The van der Waals surface area contributed by atoms with Crippen LogP contribution in [-0.4, -0.2) is 43.6 Å². The van der Waals surface area contributed by atoms with E-state index < -0.39 is 5.82 Å². The molecule has 1 heterocycles. The maximum absolute atomic E-state index is 13.0. The largest absolute Gasteiger partial charge is 0.484 e. The minimum Gasteiger partial charge on any atom is -0.484 e. The first kappa shape index (κ1) is 15.1. The predicted octanol–water partition coefficient (Wildman–Crippen LogP) is 2.07. The lowest BCUT2D eigenvalue weighted by Crippen LogP contribution is -2.43. The van der Waals surface area contributed by atoms with E-state index in [1.807, 2.05) is 11.9 Å². The van der Waals surface area contributed by atoms with Crippen molar-refractivity contribution in [2.24, 2.45) is 0 Å². The molecule has 20 heavy (non-hydrogen) atoms. The second kappa shape index (κ2) is 6.90. The van der Waals surface area contributed by atoms with Gasteiger partial charge in [0.05, 0.1) is 5.02 Å². The molecule has 1 saturated heterocycles. The molecule has 0 aliphatic carbocycles. The molecule has 1 unspecified atom stereocenters. The van der Waals surface area contributed by atoms with E-state index in [1.165, 1.54) is 18.2 Å². The zero-order valence-corrected chi connectivity index (χ0v) is 12.1. The summed E-state index contributed by atoms with van der Waals surface area (Å²) in [4.78, 5) is 14.0. The van der Waals surface area contributed by atoms with Crippen LogP contribution < -0.4 is 10.1 Å². The molecule has 6 heteroatoms. The number of likely N-dealkylation sites (tertiary alicyclic amines) is 1. The molecule has 1 N–H and O–H groups in total. The predicted molar refractivity (Wildman–Crippen MR) is 75.6 cm³/mol. The van der Waals surface area contributed by atoms with E-state index in [-0.39, 0.29) is 23.6 Å². The van der Waals surface area contributed by atoms with Crippen molar-refractivity contribution in [3.8, 4) is 5.75 Å². The van der Waals surface area contributed by atoms with Gasteiger partial charge in [-0.2, -0.15) is 0 Å². The number of nitrogens with zero attached hydrogens (tertiary/aromatic N) is 1. The van der Waals surface area contributed by atoms with Gasteiger partial charge in [0.15, 0.2) is 6.61 Å². The van der Waals surface area contributed by atoms with Crippen molar-refractivity contribution in [3.05, 3.63) is 29.0 Å². The van der Waals surface area contributed by atoms with Gasteiger partial charge in [0, 0.05) is 25.2 Å². The number of likely N-dealkylation sites (N-methyl/N-ethyl adjacent to an activating group) is 1. The Bertz CT molecular complexity index is 484. The van der Waals surface area contributed by atoms with Gasteiger partial charge in [0.25, 0.3) is 5.91 Å². The van der Waals surface area contributed by atoms with Crippen LogP contribution in [0.1, 0.15) is 12.8 Å². The maximum Gasteiger partial charge on any atom is 0.260 e. The summed E-state index contributed by atoms with van der Waals surface area (Å²) >= 11 is 5.66. The standard InChI is InChI=1S/C14H18ClFN2O2/c1-17-8-10-3-2-6-18(10)14(19)9-20-11-4-5-13(16)12(15)7-11/h4-5,7,10,17H,2-3,6,8-9H2,1H3. The Hall–Kier alpha value is -1.33. The number of hydrogen-bond donors (Lipinski definition) is 1. The molecule has 2 rings (SSSR count). The van der Waals surface area contributed by atoms with E-state index in [2.05, 4.69) is 5.32 Å². The number of carbonyl (C=O) groups is 1. The Morgan fingerprint density at radius 1 is 1.60 bits per heavy atom. The first-order chi connectivity index (χ1) is 9.61. The summed E-state index contributed by atoms with van der Waals surface area (Å²) < 4.78 is 18.4. The van der Waals surface area contributed by atoms with Crippen molar-refractivity contribution in [2.75, 3.05) is 26.7 Å². The zero-order valence-electron chi connectivity index (χ0n) is 11.4. The molecule has 1 atom stereocenters. The second-order valence-electron chi connectivity index (χ2n) is 4.81. The van der Waals surface area contributed by atoms with Gasteiger partial charge >= 0.3 is 0 Å². The normalized spacial score (nSPS) is 18.4. The maximum atomic E-state index is 13.0. The molecule has 0 aromatic heterocycles.